The van der Waals surface area contributed by atoms with Crippen molar-refractivity contribution in [3.63, 3.8) is 0 Å². The fourth-order valence-electron chi connectivity index (χ4n) is 1.95. The smallest absolute Gasteiger partial charge is 0.185 e. The summed E-state index contributed by atoms with van der Waals surface area (Å²) < 4.78 is 0. The van der Waals surface area contributed by atoms with E-state index < -0.39 is 0 Å². The van der Waals surface area contributed by atoms with Crippen LogP contribution in [0.4, 0.5) is 5.13 Å². The van der Waals surface area contributed by atoms with E-state index >= 15 is 0 Å². The average Bonchev–Trinajstić information content (AvgIpc) is 3.08. The summed E-state index contributed by atoms with van der Waals surface area (Å²) in [5.74, 6) is 0.547. The molecule has 18 heavy (non-hydrogen) atoms. The summed E-state index contributed by atoms with van der Waals surface area (Å²) in [4.78, 5) is 20.9. The number of hydrogen-bond acceptors (Lipinski definition) is 5. The summed E-state index contributed by atoms with van der Waals surface area (Å²) in [5.41, 5.74) is 1.03. The van der Waals surface area contributed by atoms with Crippen molar-refractivity contribution in [2.75, 3.05) is 39.1 Å². The molecule has 0 radical (unpaired) electrons. The number of nitrogens with zero attached hydrogens (tertiary/aromatic N) is 3. The molecule has 0 aromatic carbocycles. The van der Waals surface area contributed by atoms with Crippen molar-refractivity contribution in [2.24, 2.45) is 0 Å². The van der Waals surface area contributed by atoms with E-state index in [2.05, 4.69) is 35.9 Å². The van der Waals surface area contributed by atoms with Crippen molar-refractivity contribution >= 4 is 22.8 Å². The van der Waals surface area contributed by atoms with E-state index in [1.807, 2.05) is 0 Å². The number of rotatable bonds is 7. The van der Waals surface area contributed by atoms with Gasteiger partial charge >= 0.3 is 0 Å². The lowest BCUT2D eigenvalue weighted by molar-refractivity contribution is 0.112. The Hall–Kier alpha value is -0.940. The number of carbonyl (C=O) groups excluding carboxylic acids is 1. The molecule has 1 aromatic heterocycles. The van der Waals surface area contributed by atoms with Crippen LogP contribution in [0.1, 0.15) is 40.5 Å². The van der Waals surface area contributed by atoms with E-state index in [0.29, 0.717) is 5.92 Å². The Balaban J connectivity index is 1.97. The zero-order valence-electron chi connectivity index (χ0n) is 11.3. The monoisotopic (exact) mass is 267 g/mol. The second kappa shape index (κ2) is 5.80. The van der Waals surface area contributed by atoms with Crippen LogP contribution in [-0.4, -0.2) is 50.4 Å². The Morgan fingerprint density at radius 3 is 2.61 bits per heavy atom. The zero-order valence-corrected chi connectivity index (χ0v) is 12.2. The first-order chi connectivity index (χ1) is 8.61. The van der Waals surface area contributed by atoms with Gasteiger partial charge in [-0.05, 0) is 39.9 Å². The highest BCUT2D eigenvalue weighted by Gasteiger charge is 2.30. The molecule has 1 aliphatic rings. The minimum Gasteiger partial charge on any atom is -0.351 e. The molecule has 4 nitrogen and oxygen atoms in total. The molecule has 1 fully saturated rings. The van der Waals surface area contributed by atoms with Crippen LogP contribution in [-0.2, 0) is 0 Å². The highest BCUT2D eigenvalue weighted by atomic mass is 32.1. The first-order valence-electron chi connectivity index (χ1n) is 6.43. The molecule has 0 unspecified atom stereocenters. The Morgan fingerprint density at radius 1 is 1.33 bits per heavy atom. The van der Waals surface area contributed by atoms with Gasteiger partial charge in [0.2, 0.25) is 0 Å². The lowest BCUT2D eigenvalue weighted by atomic mass is 10.3. The van der Waals surface area contributed by atoms with E-state index in [9.17, 15) is 4.79 Å². The summed E-state index contributed by atoms with van der Waals surface area (Å²) >= 11 is 1.53. The second-order valence-corrected chi connectivity index (χ2v) is 6.23. The van der Waals surface area contributed by atoms with E-state index in [1.165, 1.54) is 24.2 Å². The van der Waals surface area contributed by atoms with Crippen molar-refractivity contribution in [3.05, 3.63) is 10.6 Å². The van der Waals surface area contributed by atoms with Crippen molar-refractivity contribution < 1.29 is 4.79 Å². The van der Waals surface area contributed by atoms with Crippen LogP contribution >= 0.6 is 11.3 Å². The Labute approximate surface area is 113 Å². The Morgan fingerprint density at radius 2 is 2.06 bits per heavy atom. The van der Waals surface area contributed by atoms with Gasteiger partial charge in [0, 0.05) is 19.5 Å². The van der Waals surface area contributed by atoms with Crippen LogP contribution in [0.25, 0.3) is 0 Å². The van der Waals surface area contributed by atoms with Crippen molar-refractivity contribution in [3.8, 4) is 0 Å². The van der Waals surface area contributed by atoms with E-state index in [0.717, 1.165) is 41.5 Å². The predicted molar refractivity (Wildman–Crippen MR) is 75.9 cm³/mol. The van der Waals surface area contributed by atoms with Gasteiger partial charge in [0.25, 0.3) is 0 Å². The molecule has 1 heterocycles. The van der Waals surface area contributed by atoms with Gasteiger partial charge in [-0.1, -0.05) is 11.3 Å². The molecule has 0 saturated heterocycles. The normalized spacial score (nSPS) is 15.1. The summed E-state index contributed by atoms with van der Waals surface area (Å²) in [6, 6.07) is 0. The number of carbonyl (C=O) groups is 1. The standard InChI is InChI=1S/C13H21N3OS/c1-15(2)7-4-8-16(3)13-14-12(10-5-6-10)11(9-17)18-13/h9-10H,4-8H2,1-3H3. The van der Waals surface area contributed by atoms with Crippen molar-refractivity contribution in [1.82, 2.24) is 9.88 Å². The van der Waals surface area contributed by atoms with Gasteiger partial charge in [-0.25, -0.2) is 4.98 Å². The minimum atomic E-state index is 0.547. The number of hydrogen-bond donors (Lipinski definition) is 0. The zero-order chi connectivity index (χ0) is 13.1. The number of anilines is 1. The molecule has 1 aliphatic carbocycles. The molecule has 0 spiro atoms. The van der Waals surface area contributed by atoms with Crippen LogP contribution in [0.2, 0.25) is 0 Å². The van der Waals surface area contributed by atoms with E-state index in [-0.39, 0.29) is 0 Å². The van der Waals surface area contributed by atoms with Crippen LogP contribution in [0.15, 0.2) is 0 Å². The third-order valence-corrected chi connectivity index (χ3v) is 4.28. The second-order valence-electron chi connectivity index (χ2n) is 5.22. The predicted octanol–water partition coefficient (Wildman–Crippen LogP) is 2.22. The molecule has 100 valence electrons. The summed E-state index contributed by atoms with van der Waals surface area (Å²) in [7, 11) is 6.22. The van der Waals surface area contributed by atoms with E-state index in [4.69, 9.17) is 0 Å². The lowest BCUT2D eigenvalue weighted by Gasteiger charge is -2.17. The molecule has 2 rings (SSSR count). The van der Waals surface area contributed by atoms with E-state index in [1.54, 1.807) is 0 Å². The van der Waals surface area contributed by atoms with Gasteiger partial charge in [0.05, 0.1) is 10.6 Å². The fourth-order valence-corrected chi connectivity index (χ4v) is 2.90. The molecule has 0 N–H and O–H groups in total. The molecule has 1 saturated carbocycles. The lowest BCUT2D eigenvalue weighted by Crippen LogP contribution is -2.23. The molecule has 1 aromatic rings. The van der Waals surface area contributed by atoms with Crippen molar-refractivity contribution in [1.29, 1.82) is 0 Å². The van der Waals surface area contributed by atoms with Crippen LogP contribution in [0, 0.1) is 0 Å². The van der Waals surface area contributed by atoms with Gasteiger partial charge < -0.3 is 9.80 Å². The van der Waals surface area contributed by atoms with Crippen molar-refractivity contribution in [2.45, 2.75) is 25.2 Å². The summed E-state index contributed by atoms with van der Waals surface area (Å²) in [6.45, 7) is 2.06. The summed E-state index contributed by atoms with van der Waals surface area (Å²) in [5, 5.41) is 0.984. The third-order valence-electron chi connectivity index (χ3n) is 3.17. The van der Waals surface area contributed by atoms with Gasteiger partial charge in [0.1, 0.15) is 0 Å². The van der Waals surface area contributed by atoms with Gasteiger partial charge in [-0.15, -0.1) is 0 Å². The molecule has 0 amide bonds. The largest absolute Gasteiger partial charge is 0.351 e. The Kier molecular flexibility index (Phi) is 4.35. The molecule has 5 heteroatoms. The quantitative estimate of drug-likeness (QED) is 0.710. The molecule has 0 bridgehead atoms. The Bertz CT molecular complexity index is 412. The topological polar surface area (TPSA) is 36.4 Å². The van der Waals surface area contributed by atoms with Crippen LogP contribution in [0.5, 0.6) is 0 Å². The minimum absolute atomic E-state index is 0.547. The third kappa shape index (κ3) is 3.29. The molecule has 0 aliphatic heterocycles. The maximum absolute atomic E-state index is 11.0. The average molecular weight is 267 g/mol. The van der Waals surface area contributed by atoms with Crippen LogP contribution < -0.4 is 4.90 Å². The molecular weight excluding hydrogens is 246 g/mol. The first-order valence-corrected chi connectivity index (χ1v) is 7.25. The highest BCUT2D eigenvalue weighted by molar-refractivity contribution is 7.17. The number of aldehydes is 1. The fraction of sp³-hybridized carbons (Fsp3) is 0.692. The van der Waals surface area contributed by atoms with Gasteiger partial charge in [-0.2, -0.15) is 0 Å². The number of aromatic nitrogens is 1. The maximum Gasteiger partial charge on any atom is 0.185 e. The highest BCUT2D eigenvalue weighted by Crippen LogP contribution is 2.43. The molecular formula is C13H21N3OS. The molecule has 0 atom stereocenters. The summed E-state index contributed by atoms with van der Waals surface area (Å²) in [6.07, 6.45) is 4.45. The van der Waals surface area contributed by atoms with Crippen LogP contribution in [0.3, 0.4) is 0 Å². The number of thiazole rings is 1. The maximum atomic E-state index is 11.0. The first kappa shape index (κ1) is 13.5. The van der Waals surface area contributed by atoms with Gasteiger partial charge in [0.15, 0.2) is 11.4 Å². The SMILES string of the molecule is CN(C)CCCN(C)c1nc(C2CC2)c(C=O)s1. The van der Waals surface area contributed by atoms with Gasteiger partial charge in [-0.3, -0.25) is 4.79 Å².